The Bertz CT molecular complexity index is 1130. The number of hydrogen-bond acceptors (Lipinski definition) is 7. The van der Waals surface area contributed by atoms with E-state index in [1.807, 2.05) is 50.2 Å². The van der Waals surface area contributed by atoms with Crippen molar-refractivity contribution in [2.75, 3.05) is 39.2 Å². The van der Waals surface area contributed by atoms with Gasteiger partial charge < -0.3 is 20.3 Å². The highest BCUT2D eigenvalue weighted by molar-refractivity contribution is 6.30. The highest BCUT2D eigenvalue weighted by atomic mass is 35.5. The average Bonchev–Trinajstić information content (AvgIpc) is 3.30. The number of anilines is 1. The summed E-state index contributed by atoms with van der Waals surface area (Å²) >= 11 is 6.17. The molecule has 4 rings (SSSR count). The van der Waals surface area contributed by atoms with Gasteiger partial charge in [-0.3, -0.25) is 9.36 Å². The Morgan fingerprint density at radius 2 is 2.09 bits per heavy atom. The van der Waals surface area contributed by atoms with E-state index in [1.54, 1.807) is 23.3 Å². The van der Waals surface area contributed by atoms with Crippen molar-refractivity contribution in [2.24, 2.45) is 0 Å². The molecule has 2 N–H and O–H groups in total. The van der Waals surface area contributed by atoms with Crippen LogP contribution in [0.5, 0.6) is 0 Å². The monoisotopic (exact) mass is 483 g/mol. The molecule has 1 aromatic carbocycles. The number of likely N-dealkylation sites (N-methyl/N-ethyl adjacent to an activating group) is 1. The molecule has 3 aromatic rings. The molecule has 9 nitrogen and oxygen atoms in total. The standard InChI is InChI=1S/C24H30ClN7O2/c1-16-12-26-24(28-19-7-9-34-10-8-19)30-22(16)32-14-21(27-15-32)23(33)29-20(13-31(2)3)17-5-4-6-18(25)11-17/h4-6,11-12,14-15,19-20H,7-10,13H2,1-3H3,(H,29,33)(H,26,28,30)/t20-/m1/s1. The van der Waals surface area contributed by atoms with Crippen molar-refractivity contribution in [3.8, 4) is 5.82 Å². The number of hydrogen-bond donors (Lipinski definition) is 2. The SMILES string of the molecule is Cc1cnc(NC2CCOCC2)nc1-n1cnc(C(=O)N[C@H](CN(C)C)c2cccc(Cl)c2)c1. The van der Waals surface area contributed by atoms with E-state index in [4.69, 9.17) is 16.3 Å². The van der Waals surface area contributed by atoms with Gasteiger partial charge in [0.15, 0.2) is 0 Å². The highest BCUT2D eigenvalue weighted by Gasteiger charge is 2.20. The van der Waals surface area contributed by atoms with Gasteiger partial charge in [0.05, 0.1) is 6.04 Å². The third-order valence-corrected chi connectivity index (χ3v) is 5.90. The Hall–Kier alpha value is -3.01. The minimum absolute atomic E-state index is 0.234. The number of carbonyl (C=O) groups is 1. The van der Waals surface area contributed by atoms with Gasteiger partial charge in [-0.15, -0.1) is 0 Å². The van der Waals surface area contributed by atoms with Crippen LogP contribution >= 0.6 is 11.6 Å². The van der Waals surface area contributed by atoms with Gasteiger partial charge in [-0.1, -0.05) is 23.7 Å². The van der Waals surface area contributed by atoms with Crippen molar-refractivity contribution >= 4 is 23.5 Å². The number of aromatic nitrogens is 4. The zero-order valence-corrected chi connectivity index (χ0v) is 20.4. The summed E-state index contributed by atoms with van der Waals surface area (Å²) in [6.07, 6.45) is 6.90. The first kappa shape index (κ1) is 24.1. The predicted molar refractivity (Wildman–Crippen MR) is 132 cm³/mol. The quantitative estimate of drug-likeness (QED) is 0.507. The van der Waals surface area contributed by atoms with Crippen molar-refractivity contribution in [1.29, 1.82) is 0 Å². The zero-order valence-electron chi connectivity index (χ0n) is 19.7. The maximum absolute atomic E-state index is 13.1. The van der Waals surface area contributed by atoms with Crippen molar-refractivity contribution in [1.82, 2.24) is 29.7 Å². The van der Waals surface area contributed by atoms with Crippen LogP contribution in [0.4, 0.5) is 5.95 Å². The minimum atomic E-state index is -0.266. The van der Waals surface area contributed by atoms with Crippen molar-refractivity contribution in [2.45, 2.75) is 31.8 Å². The molecular formula is C24H30ClN7O2. The van der Waals surface area contributed by atoms with Crippen LogP contribution in [0.15, 0.2) is 43.0 Å². The lowest BCUT2D eigenvalue weighted by molar-refractivity contribution is 0.0902. The maximum atomic E-state index is 13.1. The molecule has 0 saturated carbocycles. The second-order valence-electron chi connectivity index (χ2n) is 8.74. The Morgan fingerprint density at radius 1 is 1.29 bits per heavy atom. The van der Waals surface area contributed by atoms with Crippen LogP contribution in [-0.4, -0.2) is 70.2 Å². The molecule has 0 aliphatic carbocycles. The molecule has 3 heterocycles. The third kappa shape index (κ3) is 6.11. The summed E-state index contributed by atoms with van der Waals surface area (Å²) < 4.78 is 7.17. The summed E-state index contributed by atoms with van der Waals surface area (Å²) in [7, 11) is 3.92. The summed E-state index contributed by atoms with van der Waals surface area (Å²) in [5.74, 6) is 0.966. The molecule has 0 spiro atoms. The van der Waals surface area contributed by atoms with Crippen LogP contribution in [0.3, 0.4) is 0 Å². The van der Waals surface area contributed by atoms with Crippen LogP contribution in [0.2, 0.25) is 5.02 Å². The molecule has 2 aromatic heterocycles. The van der Waals surface area contributed by atoms with Gasteiger partial charge >= 0.3 is 0 Å². The van der Waals surface area contributed by atoms with E-state index in [1.165, 1.54) is 0 Å². The van der Waals surface area contributed by atoms with Gasteiger partial charge in [0.25, 0.3) is 5.91 Å². The van der Waals surface area contributed by atoms with E-state index in [2.05, 4.69) is 25.6 Å². The molecular weight excluding hydrogens is 454 g/mol. The van der Waals surface area contributed by atoms with Gasteiger partial charge in [0.1, 0.15) is 17.8 Å². The molecule has 0 unspecified atom stereocenters. The number of aryl methyl sites for hydroxylation is 1. The Labute approximate surface area is 204 Å². The number of ether oxygens (including phenoxy) is 1. The van der Waals surface area contributed by atoms with Crippen molar-refractivity contribution < 1.29 is 9.53 Å². The molecule has 1 fully saturated rings. The fourth-order valence-corrected chi connectivity index (χ4v) is 4.10. The van der Waals surface area contributed by atoms with E-state index < -0.39 is 0 Å². The van der Waals surface area contributed by atoms with E-state index in [0.717, 1.165) is 37.2 Å². The van der Waals surface area contributed by atoms with Crippen molar-refractivity contribution in [3.05, 3.63) is 64.8 Å². The lowest BCUT2D eigenvalue weighted by Crippen LogP contribution is -2.35. The summed E-state index contributed by atoms with van der Waals surface area (Å²) in [5.41, 5.74) is 2.12. The number of halogens is 1. The predicted octanol–water partition coefficient (Wildman–Crippen LogP) is 3.25. The Morgan fingerprint density at radius 3 is 2.82 bits per heavy atom. The van der Waals surface area contributed by atoms with E-state index in [-0.39, 0.29) is 18.0 Å². The summed E-state index contributed by atoms with van der Waals surface area (Å²) in [6.45, 7) is 4.03. The van der Waals surface area contributed by atoms with Gasteiger partial charge in [-0.2, -0.15) is 4.98 Å². The molecule has 10 heteroatoms. The molecule has 1 atom stereocenters. The van der Waals surface area contributed by atoms with Gasteiger partial charge in [0, 0.05) is 48.8 Å². The zero-order chi connectivity index (χ0) is 24.1. The lowest BCUT2D eigenvalue weighted by Gasteiger charge is -2.23. The number of benzene rings is 1. The van der Waals surface area contributed by atoms with Crippen LogP contribution < -0.4 is 10.6 Å². The largest absolute Gasteiger partial charge is 0.381 e. The Balaban J connectivity index is 1.50. The van der Waals surface area contributed by atoms with Gasteiger partial charge in [0.2, 0.25) is 5.95 Å². The number of amides is 1. The smallest absolute Gasteiger partial charge is 0.272 e. The van der Waals surface area contributed by atoms with Crippen molar-refractivity contribution in [3.63, 3.8) is 0 Å². The fraction of sp³-hybridized carbons (Fsp3) is 0.417. The lowest BCUT2D eigenvalue weighted by atomic mass is 10.1. The van der Waals surface area contributed by atoms with Gasteiger partial charge in [-0.05, 0) is 51.6 Å². The molecule has 34 heavy (non-hydrogen) atoms. The molecule has 1 saturated heterocycles. The van der Waals surface area contributed by atoms with E-state index in [0.29, 0.717) is 29.0 Å². The molecule has 0 radical (unpaired) electrons. The number of imidazole rings is 1. The van der Waals surface area contributed by atoms with Crippen LogP contribution in [0.1, 0.15) is 40.5 Å². The van der Waals surface area contributed by atoms with Crippen LogP contribution in [0, 0.1) is 6.92 Å². The minimum Gasteiger partial charge on any atom is -0.381 e. The summed E-state index contributed by atoms with van der Waals surface area (Å²) in [5, 5.41) is 7.09. The number of carbonyl (C=O) groups excluding carboxylic acids is 1. The first-order valence-electron chi connectivity index (χ1n) is 11.3. The highest BCUT2D eigenvalue weighted by Crippen LogP contribution is 2.20. The average molecular weight is 484 g/mol. The molecule has 1 amide bonds. The van der Waals surface area contributed by atoms with E-state index in [9.17, 15) is 4.79 Å². The summed E-state index contributed by atoms with van der Waals surface area (Å²) in [4.78, 5) is 28.5. The molecule has 180 valence electrons. The van der Waals surface area contributed by atoms with Gasteiger partial charge in [-0.25, -0.2) is 9.97 Å². The van der Waals surface area contributed by atoms with Crippen LogP contribution in [-0.2, 0) is 4.74 Å². The molecule has 0 bridgehead atoms. The van der Waals surface area contributed by atoms with E-state index >= 15 is 0 Å². The number of nitrogens with one attached hydrogen (secondary N) is 2. The second kappa shape index (κ2) is 10.9. The maximum Gasteiger partial charge on any atom is 0.272 e. The summed E-state index contributed by atoms with van der Waals surface area (Å²) in [6, 6.07) is 7.57. The first-order valence-corrected chi connectivity index (χ1v) is 11.7. The Kier molecular flexibility index (Phi) is 7.77. The number of rotatable bonds is 8. The second-order valence-corrected chi connectivity index (χ2v) is 9.18. The third-order valence-electron chi connectivity index (χ3n) is 5.66. The van der Waals surface area contributed by atoms with Crippen LogP contribution in [0.25, 0.3) is 5.82 Å². The first-order chi connectivity index (χ1) is 16.4. The fourth-order valence-electron chi connectivity index (χ4n) is 3.90. The normalized spacial score (nSPS) is 15.3. The number of nitrogens with zero attached hydrogens (tertiary/aromatic N) is 5. The molecule has 1 aliphatic rings. The molecule has 1 aliphatic heterocycles. The topological polar surface area (TPSA) is 97.2 Å².